The predicted molar refractivity (Wildman–Crippen MR) is 132 cm³/mol. The maximum Gasteiger partial charge on any atom is 0.407 e. The van der Waals surface area contributed by atoms with E-state index in [1.54, 1.807) is 0 Å². The lowest BCUT2D eigenvalue weighted by Gasteiger charge is -2.33. The van der Waals surface area contributed by atoms with E-state index in [1.165, 1.54) is 34.0 Å². The summed E-state index contributed by atoms with van der Waals surface area (Å²) >= 11 is 1.40. The summed E-state index contributed by atoms with van der Waals surface area (Å²) in [5.74, 6) is 0.0206. The zero-order valence-electron chi connectivity index (χ0n) is 19.0. The van der Waals surface area contributed by atoms with Gasteiger partial charge in [-0.3, -0.25) is 9.59 Å². The van der Waals surface area contributed by atoms with Crippen LogP contribution in [0.25, 0.3) is 11.1 Å². The Morgan fingerprint density at radius 2 is 1.68 bits per heavy atom. The highest BCUT2D eigenvalue weighted by Gasteiger charge is 2.30. The molecule has 3 N–H and O–H groups in total. The molecular formula is C26H30N2O5S. The maximum absolute atomic E-state index is 12.2. The quantitative estimate of drug-likeness (QED) is 0.418. The second-order valence-electron chi connectivity index (χ2n) is 8.77. The molecule has 2 aromatic carbocycles. The molecule has 2 aliphatic carbocycles. The summed E-state index contributed by atoms with van der Waals surface area (Å²) in [6, 6.07) is 16.1. The number of nitrogens with one attached hydrogen (secondary N) is 2. The average molecular weight is 483 g/mol. The van der Waals surface area contributed by atoms with Crippen LogP contribution in [0, 0.1) is 5.92 Å². The average Bonchev–Trinajstić information content (AvgIpc) is 3.09. The van der Waals surface area contributed by atoms with Crippen LogP contribution in [0.4, 0.5) is 4.79 Å². The van der Waals surface area contributed by atoms with Crippen LogP contribution in [0.1, 0.15) is 42.7 Å². The molecule has 0 saturated heterocycles. The highest BCUT2D eigenvalue weighted by atomic mass is 32.2. The Kier molecular flexibility index (Phi) is 8.11. The fraction of sp³-hybridized carbons (Fsp3) is 0.423. The summed E-state index contributed by atoms with van der Waals surface area (Å²) in [6.07, 6.45) is 2.51. The molecule has 0 radical (unpaired) electrons. The minimum Gasteiger partial charge on any atom is -0.481 e. The molecule has 1 atom stereocenters. The Balaban J connectivity index is 1.15. The molecule has 34 heavy (non-hydrogen) atoms. The Labute approximate surface area is 203 Å². The van der Waals surface area contributed by atoms with Crippen molar-refractivity contribution in [3.8, 4) is 11.1 Å². The SMILES string of the molecule is O=C(O)CC(NC(=O)CSCCNC(=O)OCC1c2ccccc2-c2ccccc21)C1CCC1. The number of carbonyl (C=O) groups is 3. The van der Waals surface area contributed by atoms with Crippen molar-refractivity contribution >= 4 is 29.7 Å². The molecule has 1 fully saturated rings. The number of amides is 2. The standard InChI is InChI=1S/C26H30N2O5S/c29-24(28-23(14-25(30)31)17-6-5-7-17)16-34-13-12-27-26(32)33-15-22-20-10-3-1-8-18(20)19-9-2-4-11-21(19)22/h1-4,8-11,17,22-23H,5-7,12-16H2,(H,27,32)(H,28,29)(H,30,31). The van der Waals surface area contributed by atoms with Crippen molar-refractivity contribution in [2.75, 3.05) is 24.7 Å². The van der Waals surface area contributed by atoms with Crippen LogP contribution in [0.3, 0.4) is 0 Å². The van der Waals surface area contributed by atoms with Gasteiger partial charge in [0.05, 0.1) is 12.2 Å². The van der Waals surface area contributed by atoms with E-state index in [1.807, 2.05) is 24.3 Å². The molecule has 2 aliphatic rings. The smallest absolute Gasteiger partial charge is 0.407 e. The van der Waals surface area contributed by atoms with Crippen LogP contribution in [-0.4, -0.2) is 53.8 Å². The van der Waals surface area contributed by atoms with E-state index in [9.17, 15) is 14.4 Å². The fourth-order valence-corrected chi connectivity index (χ4v) is 5.31. The number of aliphatic carboxylic acids is 1. The highest BCUT2D eigenvalue weighted by molar-refractivity contribution is 7.99. The van der Waals surface area contributed by atoms with Gasteiger partial charge >= 0.3 is 12.1 Å². The van der Waals surface area contributed by atoms with Gasteiger partial charge in [-0.1, -0.05) is 55.0 Å². The molecule has 4 rings (SSSR count). The van der Waals surface area contributed by atoms with Gasteiger partial charge in [-0.2, -0.15) is 11.8 Å². The van der Waals surface area contributed by atoms with Crippen LogP contribution in [0.15, 0.2) is 48.5 Å². The number of carboxylic acid groups (broad SMARTS) is 1. The predicted octanol–water partition coefficient (Wildman–Crippen LogP) is 4.02. The third-order valence-electron chi connectivity index (χ3n) is 6.55. The first-order valence-electron chi connectivity index (χ1n) is 11.7. The Morgan fingerprint density at radius 3 is 2.26 bits per heavy atom. The van der Waals surface area contributed by atoms with Gasteiger partial charge in [-0.15, -0.1) is 0 Å². The second-order valence-corrected chi connectivity index (χ2v) is 9.87. The van der Waals surface area contributed by atoms with Crippen molar-refractivity contribution in [2.24, 2.45) is 5.92 Å². The Hall–Kier alpha value is -3.00. The maximum atomic E-state index is 12.2. The third-order valence-corrected chi connectivity index (χ3v) is 7.51. The number of benzene rings is 2. The number of alkyl carbamates (subject to hydrolysis) is 1. The van der Waals surface area contributed by atoms with Crippen molar-refractivity contribution in [3.05, 3.63) is 59.7 Å². The molecule has 8 heteroatoms. The molecule has 0 aromatic heterocycles. The molecule has 2 aromatic rings. The molecular weight excluding hydrogens is 452 g/mol. The van der Waals surface area contributed by atoms with E-state index in [0.717, 1.165) is 19.3 Å². The van der Waals surface area contributed by atoms with E-state index >= 15 is 0 Å². The molecule has 7 nitrogen and oxygen atoms in total. The summed E-state index contributed by atoms with van der Waals surface area (Å²) in [5.41, 5.74) is 4.71. The number of fused-ring (bicyclic) bond motifs is 3. The van der Waals surface area contributed by atoms with Gasteiger partial charge in [0.2, 0.25) is 5.91 Å². The van der Waals surface area contributed by atoms with Gasteiger partial charge in [-0.05, 0) is 41.0 Å². The summed E-state index contributed by atoms with van der Waals surface area (Å²) in [5, 5.41) is 14.7. The molecule has 2 amide bonds. The summed E-state index contributed by atoms with van der Waals surface area (Å²) < 4.78 is 5.51. The first-order chi connectivity index (χ1) is 16.5. The van der Waals surface area contributed by atoms with Crippen LogP contribution in [0.2, 0.25) is 0 Å². The minimum atomic E-state index is -0.892. The van der Waals surface area contributed by atoms with E-state index < -0.39 is 12.1 Å². The normalized spacial score (nSPS) is 15.5. The van der Waals surface area contributed by atoms with Crippen molar-refractivity contribution < 1.29 is 24.2 Å². The second kappa shape index (κ2) is 11.4. The molecule has 0 spiro atoms. The number of carboxylic acids is 1. The van der Waals surface area contributed by atoms with E-state index in [4.69, 9.17) is 9.84 Å². The summed E-state index contributed by atoms with van der Waals surface area (Å²) in [7, 11) is 0. The molecule has 0 aliphatic heterocycles. The lowest BCUT2D eigenvalue weighted by Crippen LogP contribution is -2.44. The topological polar surface area (TPSA) is 105 Å². The van der Waals surface area contributed by atoms with Gasteiger partial charge in [0.25, 0.3) is 0 Å². The first-order valence-corrected chi connectivity index (χ1v) is 12.9. The molecule has 180 valence electrons. The van der Waals surface area contributed by atoms with Gasteiger partial charge in [0.1, 0.15) is 6.61 Å². The van der Waals surface area contributed by atoms with Gasteiger partial charge in [-0.25, -0.2) is 4.79 Å². The molecule has 1 saturated carbocycles. The summed E-state index contributed by atoms with van der Waals surface area (Å²) in [4.78, 5) is 35.4. The number of ether oxygens (including phenoxy) is 1. The highest BCUT2D eigenvalue weighted by Crippen LogP contribution is 2.44. The number of hydrogen-bond donors (Lipinski definition) is 3. The van der Waals surface area contributed by atoms with E-state index in [0.29, 0.717) is 12.3 Å². The lowest BCUT2D eigenvalue weighted by atomic mass is 9.78. The molecule has 0 bridgehead atoms. The van der Waals surface area contributed by atoms with E-state index in [-0.39, 0.29) is 42.6 Å². The fourth-order valence-electron chi connectivity index (χ4n) is 4.65. The van der Waals surface area contributed by atoms with Crippen molar-refractivity contribution in [3.63, 3.8) is 0 Å². The van der Waals surface area contributed by atoms with E-state index in [2.05, 4.69) is 34.9 Å². The number of rotatable bonds is 11. The van der Waals surface area contributed by atoms with Crippen molar-refractivity contribution in [2.45, 2.75) is 37.6 Å². The molecule has 1 unspecified atom stereocenters. The van der Waals surface area contributed by atoms with Gasteiger partial charge in [0, 0.05) is 24.3 Å². The third kappa shape index (κ3) is 5.91. The first kappa shape index (κ1) is 24.1. The zero-order chi connectivity index (χ0) is 23.9. The van der Waals surface area contributed by atoms with Crippen LogP contribution in [0.5, 0.6) is 0 Å². The monoisotopic (exact) mass is 482 g/mol. The zero-order valence-corrected chi connectivity index (χ0v) is 19.8. The van der Waals surface area contributed by atoms with Crippen LogP contribution >= 0.6 is 11.8 Å². The van der Waals surface area contributed by atoms with Crippen molar-refractivity contribution in [1.82, 2.24) is 10.6 Å². The summed E-state index contributed by atoms with van der Waals surface area (Å²) in [6.45, 7) is 0.650. The number of hydrogen-bond acceptors (Lipinski definition) is 5. The van der Waals surface area contributed by atoms with Crippen LogP contribution < -0.4 is 10.6 Å². The van der Waals surface area contributed by atoms with Gasteiger partial charge in [0.15, 0.2) is 0 Å². The minimum absolute atomic E-state index is 0.0191. The number of thioether (sulfide) groups is 1. The number of carbonyl (C=O) groups excluding carboxylic acids is 2. The largest absolute Gasteiger partial charge is 0.481 e. The Morgan fingerprint density at radius 1 is 1.03 bits per heavy atom. The van der Waals surface area contributed by atoms with Crippen molar-refractivity contribution in [1.29, 1.82) is 0 Å². The Bertz CT molecular complexity index is 994. The van der Waals surface area contributed by atoms with Crippen LogP contribution in [-0.2, 0) is 14.3 Å². The molecule has 0 heterocycles. The lowest BCUT2D eigenvalue weighted by molar-refractivity contribution is -0.138. The van der Waals surface area contributed by atoms with Gasteiger partial charge < -0.3 is 20.5 Å².